The highest BCUT2D eigenvalue weighted by atomic mass is 19.1. The van der Waals surface area contributed by atoms with E-state index in [0.717, 1.165) is 34.9 Å². The SMILES string of the molecule is CCOC(=O)[C@H](Cc1ccc(-c2c(OC)cc(COC(C)C)cc2OC)cc1)NC(=O)c1c(F)cccc1F. The third-order valence-electron chi connectivity index (χ3n) is 5.90. The van der Waals surface area contributed by atoms with Gasteiger partial charge in [-0.1, -0.05) is 30.3 Å². The molecular formula is C30H33F2NO6. The number of hydrogen-bond donors (Lipinski definition) is 1. The highest BCUT2D eigenvalue weighted by Crippen LogP contribution is 2.40. The van der Waals surface area contributed by atoms with Gasteiger partial charge in [0.25, 0.3) is 5.91 Å². The molecule has 1 amide bonds. The molecule has 0 saturated heterocycles. The quantitative estimate of drug-likeness (QED) is 0.306. The highest BCUT2D eigenvalue weighted by Gasteiger charge is 2.26. The lowest BCUT2D eigenvalue weighted by Crippen LogP contribution is -2.44. The number of rotatable bonds is 12. The number of esters is 1. The molecule has 0 bridgehead atoms. The van der Waals surface area contributed by atoms with E-state index in [0.29, 0.717) is 23.7 Å². The van der Waals surface area contributed by atoms with Gasteiger partial charge in [-0.05, 0) is 61.7 Å². The number of benzene rings is 3. The van der Waals surface area contributed by atoms with Crippen LogP contribution >= 0.6 is 0 Å². The van der Waals surface area contributed by atoms with Crippen molar-refractivity contribution in [2.75, 3.05) is 20.8 Å². The fourth-order valence-corrected chi connectivity index (χ4v) is 4.02. The number of carbonyl (C=O) groups is 2. The van der Waals surface area contributed by atoms with Crippen molar-refractivity contribution in [3.05, 3.63) is 82.9 Å². The monoisotopic (exact) mass is 541 g/mol. The van der Waals surface area contributed by atoms with Crippen LogP contribution in [0.5, 0.6) is 11.5 Å². The van der Waals surface area contributed by atoms with Crippen LogP contribution in [-0.2, 0) is 27.3 Å². The molecule has 0 heterocycles. The zero-order valence-corrected chi connectivity index (χ0v) is 22.7. The Morgan fingerprint density at radius 2 is 1.49 bits per heavy atom. The molecule has 3 aromatic rings. The molecule has 0 spiro atoms. The van der Waals surface area contributed by atoms with E-state index < -0.39 is 35.1 Å². The molecule has 3 aromatic carbocycles. The van der Waals surface area contributed by atoms with Gasteiger partial charge in [-0.15, -0.1) is 0 Å². The maximum atomic E-state index is 14.1. The number of ether oxygens (including phenoxy) is 4. The molecule has 0 unspecified atom stereocenters. The van der Waals surface area contributed by atoms with Gasteiger partial charge >= 0.3 is 5.97 Å². The molecule has 0 radical (unpaired) electrons. The average molecular weight is 542 g/mol. The van der Waals surface area contributed by atoms with Gasteiger partial charge in [-0.3, -0.25) is 4.79 Å². The Hall–Kier alpha value is -3.98. The summed E-state index contributed by atoms with van der Waals surface area (Å²) in [6.45, 7) is 6.03. The first-order chi connectivity index (χ1) is 18.7. The van der Waals surface area contributed by atoms with Crippen molar-refractivity contribution in [1.29, 1.82) is 0 Å². The second-order valence-electron chi connectivity index (χ2n) is 9.01. The highest BCUT2D eigenvalue weighted by molar-refractivity contribution is 5.97. The summed E-state index contributed by atoms with van der Waals surface area (Å²) in [6, 6.07) is 13.0. The maximum Gasteiger partial charge on any atom is 0.328 e. The van der Waals surface area contributed by atoms with E-state index >= 15 is 0 Å². The molecule has 3 rings (SSSR count). The molecule has 0 aliphatic heterocycles. The first-order valence-electron chi connectivity index (χ1n) is 12.6. The first kappa shape index (κ1) is 29.6. The van der Waals surface area contributed by atoms with Gasteiger partial charge in [0, 0.05) is 6.42 Å². The van der Waals surface area contributed by atoms with Crippen LogP contribution in [-0.4, -0.2) is 44.8 Å². The fraction of sp³-hybridized carbons (Fsp3) is 0.333. The van der Waals surface area contributed by atoms with Crippen LogP contribution in [0.2, 0.25) is 0 Å². The molecule has 0 saturated carbocycles. The molecule has 7 nitrogen and oxygen atoms in total. The lowest BCUT2D eigenvalue weighted by Gasteiger charge is -2.19. The van der Waals surface area contributed by atoms with E-state index in [-0.39, 0.29) is 19.1 Å². The average Bonchev–Trinajstić information content (AvgIpc) is 2.91. The molecule has 1 atom stereocenters. The smallest absolute Gasteiger partial charge is 0.328 e. The van der Waals surface area contributed by atoms with Crippen molar-refractivity contribution in [2.24, 2.45) is 0 Å². The predicted molar refractivity (Wildman–Crippen MR) is 143 cm³/mol. The van der Waals surface area contributed by atoms with Crippen LogP contribution in [0.15, 0.2) is 54.6 Å². The molecule has 1 N–H and O–H groups in total. The first-order valence-corrected chi connectivity index (χ1v) is 12.6. The summed E-state index contributed by atoms with van der Waals surface area (Å²) in [7, 11) is 3.15. The standard InChI is InChI=1S/C30H33F2NO6/c1-6-38-30(35)24(33-29(34)28-22(31)8-7-9-23(28)32)14-19-10-12-21(13-11-19)27-25(36-4)15-20(16-26(27)37-5)17-39-18(2)3/h7-13,15-16,18,24H,6,14,17H2,1-5H3,(H,33,34)/t24-/m0/s1. The summed E-state index contributed by atoms with van der Waals surface area (Å²) in [5.41, 5.74) is 2.37. The van der Waals surface area contributed by atoms with E-state index in [4.69, 9.17) is 18.9 Å². The zero-order chi connectivity index (χ0) is 28.5. The predicted octanol–water partition coefficient (Wildman–Crippen LogP) is 5.48. The van der Waals surface area contributed by atoms with E-state index in [9.17, 15) is 18.4 Å². The number of carbonyl (C=O) groups excluding carboxylic acids is 2. The molecule has 39 heavy (non-hydrogen) atoms. The third-order valence-corrected chi connectivity index (χ3v) is 5.90. The number of methoxy groups -OCH3 is 2. The number of amides is 1. The zero-order valence-electron chi connectivity index (χ0n) is 22.7. The maximum absolute atomic E-state index is 14.1. The summed E-state index contributed by atoms with van der Waals surface area (Å²) in [4.78, 5) is 25.3. The molecule has 0 aliphatic rings. The molecule has 0 aromatic heterocycles. The number of nitrogens with one attached hydrogen (secondary N) is 1. The minimum atomic E-state index is -1.16. The van der Waals surface area contributed by atoms with Gasteiger partial charge < -0.3 is 24.3 Å². The second-order valence-corrected chi connectivity index (χ2v) is 9.01. The van der Waals surface area contributed by atoms with Crippen LogP contribution in [0, 0.1) is 11.6 Å². The lowest BCUT2D eigenvalue weighted by atomic mass is 9.98. The Balaban J connectivity index is 1.86. The summed E-state index contributed by atoms with van der Waals surface area (Å²) in [5, 5.41) is 2.41. The molecular weight excluding hydrogens is 508 g/mol. The summed E-state index contributed by atoms with van der Waals surface area (Å²) >= 11 is 0. The van der Waals surface area contributed by atoms with E-state index in [1.807, 2.05) is 38.1 Å². The number of hydrogen-bond acceptors (Lipinski definition) is 6. The lowest BCUT2D eigenvalue weighted by molar-refractivity contribution is -0.145. The van der Waals surface area contributed by atoms with Crippen LogP contribution in [0.1, 0.15) is 42.3 Å². The Bertz CT molecular complexity index is 1250. The molecule has 208 valence electrons. The van der Waals surface area contributed by atoms with Crippen molar-refractivity contribution in [1.82, 2.24) is 5.32 Å². The Kier molecular flexibility index (Phi) is 10.4. The van der Waals surface area contributed by atoms with Crippen LogP contribution in [0.4, 0.5) is 8.78 Å². The van der Waals surface area contributed by atoms with E-state index in [2.05, 4.69) is 5.32 Å². The Labute approximate surface area is 227 Å². The Morgan fingerprint density at radius 3 is 2.00 bits per heavy atom. The topological polar surface area (TPSA) is 83.1 Å². The van der Waals surface area contributed by atoms with Gasteiger partial charge in [0.05, 0.1) is 39.1 Å². The molecule has 0 aliphatic carbocycles. The van der Waals surface area contributed by atoms with Gasteiger partial charge in [-0.2, -0.15) is 0 Å². The van der Waals surface area contributed by atoms with E-state index in [1.165, 1.54) is 0 Å². The van der Waals surface area contributed by atoms with Gasteiger partial charge in [-0.25, -0.2) is 13.6 Å². The van der Waals surface area contributed by atoms with Crippen LogP contribution in [0.3, 0.4) is 0 Å². The summed E-state index contributed by atoms with van der Waals surface area (Å²) < 4.78 is 50.3. The second kappa shape index (κ2) is 13.7. The summed E-state index contributed by atoms with van der Waals surface area (Å²) in [6.07, 6.45) is 0.115. The van der Waals surface area contributed by atoms with Crippen molar-refractivity contribution in [2.45, 2.75) is 45.9 Å². The van der Waals surface area contributed by atoms with Gasteiger partial charge in [0.15, 0.2) is 0 Å². The minimum Gasteiger partial charge on any atom is -0.496 e. The molecule has 0 fully saturated rings. The summed E-state index contributed by atoms with van der Waals surface area (Å²) in [5.74, 6) is -2.60. The molecule has 9 heteroatoms. The van der Waals surface area contributed by atoms with Gasteiger partial charge in [0.1, 0.15) is 34.7 Å². The van der Waals surface area contributed by atoms with Gasteiger partial charge in [0.2, 0.25) is 0 Å². The van der Waals surface area contributed by atoms with Crippen LogP contribution in [0.25, 0.3) is 11.1 Å². The largest absolute Gasteiger partial charge is 0.496 e. The normalized spacial score (nSPS) is 11.7. The van der Waals surface area contributed by atoms with Crippen molar-refractivity contribution < 1.29 is 37.3 Å². The fourth-order valence-electron chi connectivity index (χ4n) is 4.02. The third kappa shape index (κ3) is 7.54. The Morgan fingerprint density at radius 1 is 0.897 bits per heavy atom. The van der Waals surface area contributed by atoms with Crippen molar-refractivity contribution >= 4 is 11.9 Å². The van der Waals surface area contributed by atoms with Crippen molar-refractivity contribution in [3.63, 3.8) is 0 Å². The number of halogens is 2. The van der Waals surface area contributed by atoms with E-state index in [1.54, 1.807) is 33.3 Å². The van der Waals surface area contributed by atoms with Crippen molar-refractivity contribution in [3.8, 4) is 22.6 Å². The minimum absolute atomic E-state index is 0.0423. The van der Waals surface area contributed by atoms with Crippen LogP contribution < -0.4 is 14.8 Å².